The van der Waals surface area contributed by atoms with E-state index in [1.54, 1.807) is 0 Å². The van der Waals surface area contributed by atoms with Crippen LogP contribution in [0.1, 0.15) is 31.2 Å². The first-order chi connectivity index (χ1) is 14.6. The Morgan fingerprint density at radius 3 is 2.53 bits per heavy atom. The molecule has 1 aromatic heterocycles. The molecular weight excluding hydrogens is 376 g/mol. The van der Waals surface area contributed by atoms with E-state index in [1.807, 2.05) is 6.07 Å². The van der Waals surface area contributed by atoms with Gasteiger partial charge in [0, 0.05) is 43.6 Å². The molecule has 2 atom stereocenters. The van der Waals surface area contributed by atoms with Crippen LogP contribution in [0.3, 0.4) is 0 Å². The third-order valence-corrected chi connectivity index (χ3v) is 7.31. The van der Waals surface area contributed by atoms with Crippen molar-refractivity contribution in [3.8, 4) is 0 Å². The lowest BCUT2D eigenvalue weighted by molar-refractivity contribution is -0.153. The zero-order valence-corrected chi connectivity index (χ0v) is 18.1. The third kappa shape index (κ3) is 3.91. The van der Waals surface area contributed by atoms with Crippen LogP contribution >= 0.6 is 0 Å². The Hall–Kier alpha value is -2.18. The van der Waals surface area contributed by atoms with Gasteiger partial charge < -0.3 is 14.5 Å². The summed E-state index contributed by atoms with van der Waals surface area (Å²) in [6.45, 7) is 6.05. The largest absolute Gasteiger partial charge is 0.461 e. The van der Waals surface area contributed by atoms with Crippen molar-refractivity contribution in [1.82, 2.24) is 14.8 Å². The lowest BCUT2D eigenvalue weighted by Gasteiger charge is -2.37. The highest BCUT2D eigenvalue weighted by molar-refractivity contribution is 5.83. The fourth-order valence-electron chi connectivity index (χ4n) is 5.49. The molecule has 0 saturated carbocycles. The first-order valence-corrected chi connectivity index (χ1v) is 11.3. The minimum Gasteiger partial charge on any atom is -0.461 e. The number of hydrogen-bond acceptors (Lipinski definition) is 6. The van der Waals surface area contributed by atoms with Crippen molar-refractivity contribution < 1.29 is 9.53 Å². The molecule has 3 saturated heterocycles. The van der Waals surface area contributed by atoms with Crippen LogP contribution in [0.25, 0.3) is 10.9 Å². The first kappa shape index (κ1) is 19.8. The molecule has 0 N–H and O–H groups in total. The van der Waals surface area contributed by atoms with Crippen LogP contribution in [-0.2, 0) is 9.53 Å². The molecule has 0 unspecified atom stereocenters. The Morgan fingerprint density at radius 1 is 1.10 bits per heavy atom. The summed E-state index contributed by atoms with van der Waals surface area (Å²) in [5.41, 5.74) is 2.30. The Balaban J connectivity index is 1.13. The number of pyridine rings is 1. The van der Waals surface area contributed by atoms with Gasteiger partial charge in [-0.25, -0.2) is 4.98 Å². The second-order valence-corrected chi connectivity index (χ2v) is 9.21. The normalized spacial score (nSPS) is 27.5. The molecule has 160 valence electrons. The molecule has 2 aromatic rings. The zero-order chi connectivity index (χ0) is 20.7. The molecule has 0 radical (unpaired) electrons. The maximum atomic E-state index is 12.5. The number of esters is 1. The molecule has 4 heterocycles. The standard InChI is InChI=1S/C24H32N4O2/c1-17-13-23(25-22-6-4-3-5-21(17)22)28-11-9-27(10-12-28)16-24(29)30-20-14-18-7-8-19(15-20)26(18)2/h3-6,13,18-20H,7-12,14-16H2,1-2H3/t18-,19-/m0/s1. The van der Waals surface area contributed by atoms with E-state index in [0.717, 1.165) is 50.4 Å². The smallest absolute Gasteiger partial charge is 0.320 e. The van der Waals surface area contributed by atoms with Crippen LogP contribution < -0.4 is 4.90 Å². The second-order valence-electron chi connectivity index (χ2n) is 9.21. The fourth-order valence-corrected chi connectivity index (χ4v) is 5.49. The monoisotopic (exact) mass is 408 g/mol. The van der Waals surface area contributed by atoms with Gasteiger partial charge in [0.1, 0.15) is 11.9 Å². The van der Waals surface area contributed by atoms with Gasteiger partial charge in [-0.2, -0.15) is 0 Å². The van der Waals surface area contributed by atoms with Crippen molar-refractivity contribution in [3.05, 3.63) is 35.9 Å². The van der Waals surface area contributed by atoms with Crippen molar-refractivity contribution >= 4 is 22.7 Å². The quantitative estimate of drug-likeness (QED) is 0.725. The second kappa shape index (κ2) is 8.16. The lowest BCUT2D eigenvalue weighted by Crippen LogP contribution is -2.49. The fraction of sp³-hybridized carbons (Fsp3) is 0.583. The number of piperidine rings is 1. The van der Waals surface area contributed by atoms with Crippen LogP contribution in [0, 0.1) is 6.92 Å². The van der Waals surface area contributed by atoms with Crippen molar-refractivity contribution in [1.29, 1.82) is 0 Å². The van der Waals surface area contributed by atoms with Gasteiger partial charge in [0.25, 0.3) is 0 Å². The molecule has 3 aliphatic rings. The summed E-state index contributed by atoms with van der Waals surface area (Å²) in [4.78, 5) is 24.4. The van der Waals surface area contributed by atoms with E-state index >= 15 is 0 Å². The van der Waals surface area contributed by atoms with Crippen molar-refractivity contribution in [2.24, 2.45) is 0 Å². The number of hydrogen-bond donors (Lipinski definition) is 0. The van der Waals surface area contributed by atoms with E-state index in [1.165, 1.54) is 23.8 Å². The SMILES string of the molecule is Cc1cc(N2CCN(CC(=O)OC3C[C@@H]4CC[C@@H](C3)N4C)CC2)nc2ccccc12. The van der Waals surface area contributed by atoms with Gasteiger partial charge in [0.2, 0.25) is 0 Å². The number of carbonyl (C=O) groups excluding carboxylic acids is 1. The van der Waals surface area contributed by atoms with E-state index in [0.29, 0.717) is 18.6 Å². The number of para-hydroxylation sites is 1. The molecule has 6 heteroatoms. The first-order valence-electron chi connectivity index (χ1n) is 11.3. The molecule has 3 fully saturated rings. The van der Waals surface area contributed by atoms with Gasteiger partial charge in [-0.15, -0.1) is 0 Å². The Labute approximate surface area is 178 Å². The van der Waals surface area contributed by atoms with E-state index in [2.05, 4.69) is 52.9 Å². The predicted molar refractivity (Wildman–Crippen MR) is 119 cm³/mol. The topological polar surface area (TPSA) is 48.9 Å². The summed E-state index contributed by atoms with van der Waals surface area (Å²) in [6.07, 6.45) is 4.61. The summed E-state index contributed by atoms with van der Waals surface area (Å²) in [6, 6.07) is 11.7. The van der Waals surface area contributed by atoms with Crippen LogP contribution in [-0.4, -0.2) is 78.7 Å². The zero-order valence-electron chi connectivity index (χ0n) is 18.1. The molecule has 2 bridgehead atoms. The average Bonchev–Trinajstić information content (AvgIpc) is 2.95. The number of aryl methyl sites for hydroxylation is 1. The van der Waals surface area contributed by atoms with Crippen molar-refractivity contribution in [2.75, 3.05) is 44.7 Å². The highest BCUT2D eigenvalue weighted by atomic mass is 16.5. The molecule has 6 nitrogen and oxygen atoms in total. The molecule has 3 aliphatic heterocycles. The molecule has 0 spiro atoms. The number of ether oxygens (including phenoxy) is 1. The summed E-state index contributed by atoms with van der Waals surface area (Å²) in [5.74, 6) is 0.979. The van der Waals surface area contributed by atoms with Crippen LogP contribution in [0.4, 0.5) is 5.82 Å². The van der Waals surface area contributed by atoms with Gasteiger partial charge in [-0.05, 0) is 57.4 Å². The highest BCUT2D eigenvalue weighted by Crippen LogP contribution is 2.35. The summed E-state index contributed by atoms with van der Waals surface area (Å²) >= 11 is 0. The predicted octanol–water partition coefficient (Wildman–Crippen LogP) is 2.83. The Kier molecular flexibility index (Phi) is 5.37. The molecule has 0 amide bonds. The molecule has 5 rings (SSSR count). The average molecular weight is 409 g/mol. The number of fused-ring (bicyclic) bond motifs is 3. The molecule has 30 heavy (non-hydrogen) atoms. The van der Waals surface area contributed by atoms with E-state index in [4.69, 9.17) is 9.72 Å². The maximum Gasteiger partial charge on any atom is 0.320 e. The number of rotatable bonds is 4. The van der Waals surface area contributed by atoms with Crippen molar-refractivity contribution in [2.45, 2.75) is 50.8 Å². The van der Waals surface area contributed by atoms with Gasteiger partial charge >= 0.3 is 5.97 Å². The summed E-state index contributed by atoms with van der Waals surface area (Å²) < 4.78 is 5.87. The minimum absolute atomic E-state index is 0.0583. The maximum absolute atomic E-state index is 12.5. The highest BCUT2D eigenvalue weighted by Gasteiger charge is 2.40. The van der Waals surface area contributed by atoms with Gasteiger partial charge in [0.15, 0.2) is 0 Å². The minimum atomic E-state index is -0.0583. The number of carbonyl (C=O) groups is 1. The van der Waals surface area contributed by atoms with Crippen LogP contribution in [0.15, 0.2) is 30.3 Å². The number of nitrogens with zero attached hydrogens (tertiary/aromatic N) is 4. The Morgan fingerprint density at radius 2 is 1.80 bits per heavy atom. The molecular formula is C24H32N4O2. The lowest BCUT2D eigenvalue weighted by atomic mass is 10.0. The van der Waals surface area contributed by atoms with E-state index in [-0.39, 0.29) is 12.1 Å². The summed E-state index contributed by atoms with van der Waals surface area (Å²) in [7, 11) is 2.21. The summed E-state index contributed by atoms with van der Waals surface area (Å²) in [5, 5.41) is 1.21. The molecule has 1 aromatic carbocycles. The van der Waals surface area contributed by atoms with E-state index < -0.39 is 0 Å². The number of piperazine rings is 1. The number of anilines is 1. The van der Waals surface area contributed by atoms with Gasteiger partial charge in [-0.1, -0.05) is 18.2 Å². The van der Waals surface area contributed by atoms with Crippen LogP contribution in [0.5, 0.6) is 0 Å². The molecule has 0 aliphatic carbocycles. The van der Waals surface area contributed by atoms with Gasteiger partial charge in [-0.3, -0.25) is 9.69 Å². The van der Waals surface area contributed by atoms with Crippen LogP contribution in [0.2, 0.25) is 0 Å². The number of benzene rings is 1. The van der Waals surface area contributed by atoms with Gasteiger partial charge in [0.05, 0.1) is 12.1 Å². The van der Waals surface area contributed by atoms with Crippen molar-refractivity contribution in [3.63, 3.8) is 0 Å². The van der Waals surface area contributed by atoms with E-state index in [9.17, 15) is 4.79 Å². The third-order valence-electron chi connectivity index (χ3n) is 7.31. The Bertz CT molecular complexity index is 911. The number of aromatic nitrogens is 1.